The SMILES string of the molecule is c1ccc2c(c1)c1cccc3c4c(ccc5c6cccc7c8cc9c(cc8n(c76)c54)c4ccc(-c5cc6c7cccc8c%10ccccc%10n(c87)c6c6c5c5cccc7c8cc%10c(cc8n6c75)c5cccc6c7ccc8c%11cccc%12c%13ccccc%13n(c%12%11)c8c7n%10c56)c5c6ccc7c(c8cccc%10c%11ccccc%11n7c%108)c6n9c45)n2c13. The van der Waals surface area contributed by atoms with Crippen LogP contribution in [0, 0.1) is 0 Å². The lowest BCUT2D eigenvalue weighted by atomic mass is 9.91. The van der Waals surface area contributed by atoms with Crippen molar-refractivity contribution in [3.05, 3.63) is 303 Å². The van der Waals surface area contributed by atoms with E-state index in [2.05, 4.69) is 339 Å². The van der Waals surface area contributed by atoms with E-state index in [-0.39, 0.29) is 0 Å². The van der Waals surface area contributed by atoms with Crippen LogP contribution in [-0.2, 0) is 0 Å². The monoisotopic (exact) mass is 1460 g/mol. The van der Waals surface area contributed by atoms with Gasteiger partial charge in [-0.1, -0.05) is 237 Å². The molecule has 0 N–H and O–H groups in total. The summed E-state index contributed by atoms with van der Waals surface area (Å²) in [6.45, 7) is 0. The fourth-order valence-corrected chi connectivity index (χ4v) is 25.4. The van der Waals surface area contributed by atoms with Gasteiger partial charge in [-0.05, 0) is 77.9 Å². The van der Waals surface area contributed by atoms with Crippen molar-refractivity contribution in [3.63, 3.8) is 0 Å². The lowest BCUT2D eigenvalue weighted by Crippen LogP contribution is -1.90. The van der Waals surface area contributed by atoms with E-state index in [9.17, 15) is 0 Å². The van der Waals surface area contributed by atoms with Gasteiger partial charge in [-0.15, -0.1) is 0 Å². The predicted molar refractivity (Wildman–Crippen MR) is 489 cm³/mol. The molecule has 0 aliphatic rings. The molecule has 0 amide bonds. The molecule has 8 nitrogen and oxygen atoms in total. The molecule has 0 radical (unpaired) electrons. The zero-order valence-corrected chi connectivity index (χ0v) is 61.4. The highest BCUT2D eigenvalue weighted by Crippen LogP contribution is 2.58. The molecule has 0 aliphatic heterocycles. The van der Waals surface area contributed by atoms with Crippen LogP contribution in [0.2, 0.25) is 0 Å². The van der Waals surface area contributed by atoms with E-state index in [1.807, 2.05) is 0 Å². The quantitative estimate of drug-likeness (QED) is 0.157. The molecular weight excluding hydrogens is 1410 g/mol. The van der Waals surface area contributed by atoms with Crippen LogP contribution >= 0.6 is 0 Å². The summed E-state index contributed by atoms with van der Waals surface area (Å²) in [5, 5.41) is 40.9. The van der Waals surface area contributed by atoms with Gasteiger partial charge in [0.25, 0.3) is 0 Å². The first kappa shape index (κ1) is 55.7. The maximum absolute atomic E-state index is 2.74. The van der Waals surface area contributed by atoms with Crippen LogP contribution in [0.3, 0.4) is 0 Å². The molecule has 18 aromatic carbocycles. The molecule has 0 spiro atoms. The first-order chi connectivity index (χ1) is 57.7. The minimum atomic E-state index is 1.22. The normalized spacial score (nSPS) is 13.7. The molecule has 16 aromatic heterocycles. The van der Waals surface area contributed by atoms with Crippen LogP contribution in [0.5, 0.6) is 0 Å². The number of para-hydroxylation sites is 11. The molecule has 0 aliphatic carbocycles. The molecule has 34 rings (SSSR count). The number of hydrogen-bond acceptors (Lipinski definition) is 0. The van der Waals surface area contributed by atoms with Gasteiger partial charge in [-0.3, -0.25) is 0 Å². The highest BCUT2D eigenvalue weighted by Gasteiger charge is 2.35. The van der Waals surface area contributed by atoms with Gasteiger partial charge in [-0.2, -0.15) is 0 Å². The second-order valence-electron chi connectivity index (χ2n) is 33.9. The largest absolute Gasteiger partial charge is 0.308 e. The van der Waals surface area contributed by atoms with Crippen LogP contribution in [-0.4, -0.2) is 35.2 Å². The molecule has 0 unspecified atom stereocenters. The second kappa shape index (κ2) is 17.8. The summed E-state index contributed by atoms with van der Waals surface area (Å²) in [6, 6.07) is 118. The highest BCUT2D eigenvalue weighted by molar-refractivity contribution is 6.43. The zero-order chi connectivity index (χ0) is 73.5. The molecule has 16 heterocycles. The Hall–Kier alpha value is -15.6. The van der Waals surface area contributed by atoms with Gasteiger partial charge in [0.1, 0.15) is 0 Å². The van der Waals surface area contributed by atoms with Crippen LogP contribution < -0.4 is 0 Å². The third kappa shape index (κ3) is 5.54. The van der Waals surface area contributed by atoms with Crippen molar-refractivity contribution < 1.29 is 0 Å². The summed E-state index contributed by atoms with van der Waals surface area (Å²) >= 11 is 0. The van der Waals surface area contributed by atoms with Crippen LogP contribution in [0.1, 0.15) is 0 Å². The van der Waals surface area contributed by atoms with E-state index < -0.39 is 0 Å². The molecule has 0 saturated carbocycles. The molecule has 0 atom stereocenters. The molecule has 34 aromatic rings. The van der Waals surface area contributed by atoms with Crippen LogP contribution in [0.15, 0.2) is 303 Å². The van der Waals surface area contributed by atoms with E-state index in [0.29, 0.717) is 0 Å². The Kier molecular flexibility index (Phi) is 8.55. The van der Waals surface area contributed by atoms with E-state index >= 15 is 0 Å². The summed E-state index contributed by atoms with van der Waals surface area (Å²) in [5.41, 5.74) is 32.6. The first-order valence-corrected chi connectivity index (χ1v) is 40.7. The summed E-state index contributed by atoms with van der Waals surface area (Å²) in [5.74, 6) is 0. The number of nitrogens with zero attached hydrogens (tertiary/aromatic N) is 8. The summed E-state index contributed by atoms with van der Waals surface area (Å²) in [7, 11) is 0. The van der Waals surface area contributed by atoms with Crippen LogP contribution in [0.4, 0.5) is 0 Å². The number of benzene rings is 18. The van der Waals surface area contributed by atoms with Gasteiger partial charge in [0, 0.05) is 172 Å². The Morgan fingerprint density at radius 1 is 0.103 bits per heavy atom. The Morgan fingerprint density at radius 3 is 0.784 bits per heavy atom. The Labute approximate surface area is 650 Å². The van der Waals surface area contributed by atoms with Crippen molar-refractivity contribution in [2.24, 2.45) is 0 Å². The first-order valence-electron chi connectivity index (χ1n) is 40.7. The molecular formula is C108H50N8. The van der Waals surface area contributed by atoms with Crippen molar-refractivity contribution in [3.8, 4) is 11.1 Å². The number of hydrogen-bond donors (Lipinski definition) is 0. The van der Waals surface area contributed by atoms with Crippen molar-refractivity contribution in [1.82, 2.24) is 35.2 Å². The summed E-state index contributed by atoms with van der Waals surface area (Å²) in [6.07, 6.45) is 0. The van der Waals surface area contributed by atoms with Gasteiger partial charge < -0.3 is 35.2 Å². The van der Waals surface area contributed by atoms with Crippen molar-refractivity contribution in [2.75, 3.05) is 0 Å². The standard InChI is InChI=1S/C108H50N8/c1-5-34-81-51(16-1)58-22-13-32-72-93-85(109(81)99(58)72)44-42-67-60-24-11-27-63-75-49-90-78(50-87(75)113(97(60)63)103(67)93)70-39-38-55(91-74-43-45-86-94(104(74)116(90)102(70)91)73-33-14-23-59-52-17-2-6-35-82(52)110(86)100(59)73)79-46-80-66-30-10-21-57-54-19-4-8-37-84(54)112(96(57)66)107(80)108-92(79)71-31-15-29-65-77-47-88-76(48-89(77)115(108)101(65)71)64-28-12-26-62-69-41-40-68-61-25-9-20-56-53-18-3-7-36-83(53)111(95(56)61)105(68)106(69)114(88)98(62)64/h1-50H. The lowest BCUT2D eigenvalue weighted by molar-refractivity contribution is 1.33. The summed E-state index contributed by atoms with van der Waals surface area (Å²) in [4.78, 5) is 0. The average Bonchev–Trinajstić information content (AvgIpc) is 1.51. The molecule has 0 fully saturated rings. The average molecular weight is 1460 g/mol. The predicted octanol–water partition coefficient (Wildman–Crippen LogP) is 28.6. The topological polar surface area (TPSA) is 35.3 Å². The minimum Gasteiger partial charge on any atom is -0.308 e. The fourth-order valence-electron chi connectivity index (χ4n) is 25.4. The Bertz CT molecular complexity index is 10800. The maximum Gasteiger partial charge on any atom is 0.0795 e. The molecule has 116 heavy (non-hydrogen) atoms. The highest BCUT2D eigenvalue weighted by atomic mass is 15.0. The lowest BCUT2D eigenvalue weighted by Gasteiger charge is -2.12. The number of rotatable bonds is 1. The van der Waals surface area contributed by atoms with Crippen molar-refractivity contribution >= 4 is 305 Å². The van der Waals surface area contributed by atoms with Gasteiger partial charge >= 0.3 is 0 Å². The second-order valence-corrected chi connectivity index (χ2v) is 33.9. The smallest absolute Gasteiger partial charge is 0.0795 e. The van der Waals surface area contributed by atoms with Gasteiger partial charge in [0.05, 0.1) is 132 Å². The minimum absolute atomic E-state index is 1.22. The number of aromatic nitrogens is 8. The zero-order valence-electron chi connectivity index (χ0n) is 61.4. The molecule has 0 bridgehead atoms. The molecule has 0 saturated heterocycles. The van der Waals surface area contributed by atoms with Crippen LogP contribution in [0.25, 0.3) is 316 Å². The molecule has 8 heteroatoms. The van der Waals surface area contributed by atoms with Gasteiger partial charge in [0.2, 0.25) is 0 Å². The van der Waals surface area contributed by atoms with E-state index in [1.54, 1.807) is 0 Å². The third-order valence-corrected chi connectivity index (χ3v) is 29.4. The van der Waals surface area contributed by atoms with Gasteiger partial charge in [0.15, 0.2) is 0 Å². The van der Waals surface area contributed by atoms with Gasteiger partial charge in [-0.25, -0.2) is 0 Å². The van der Waals surface area contributed by atoms with E-state index in [0.717, 1.165) is 0 Å². The summed E-state index contributed by atoms with van der Waals surface area (Å²) < 4.78 is 21.2. The van der Waals surface area contributed by atoms with E-state index in [1.165, 1.54) is 316 Å². The number of fused-ring (bicyclic) bond motifs is 52. The molecule has 522 valence electrons. The van der Waals surface area contributed by atoms with E-state index in [4.69, 9.17) is 0 Å². The maximum atomic E-state index is 2.74. The Morgan fingerprint density at radius 2 is 0.336 bits per heavy atom. The Balaban J connectivity index is 0.725. The fraction of sp³-hybridized carbons (Fsp3) is 0. The third-order valence-electron chi connectivity index (χ3n) is 29.4. The van der Waals surface area contributed by atoms with Crippen molar-refractivity contribution in [2.45, 2.75) is 0 Å². The van der Waals surface area contributed by atoms with Crippen molar-refractivity contribution in [1.29, 1.82) is 0 Å².